The van der Waals surface area contributed by atoms with E-state index >= 15 is 0 Å². The van der Waals surface area contributed by atoms with Crippen LogP contribution in [-0.4, -0.2) is 61.6 Å². The van der Waals surface area contributed by atoms with E-state index in [-0.39, 0.29) is 0 Å². The zero-order chi connectivity index (χ0) is 10.9. The molecule has 2 saturated heterocycles. The van der Waals surface area contributed by atoms with Gasteiger partial charge in [0.05, 0.1) is 0 Å². The summed E-state index contributed by atoms with van der Waals surface area (Å²) < 4.78 is 0.719. The molecule has 0 aromatic heterocycles. The molecule has 2 aliphatic heterocycles. The largest absolute Gasteiger partial charge is 0.355 e. The number of hydrogen-bond donors (Lipinski definition) is 4. The van der Waals surface area contributed by atoms with Gasteiger partial charge in [-0.3, -0.25) is 0 Å². The Hall–Kier alpha value is 0.120. The predicted molar refractivity (Wildman–Crippen MR) is 71.8 cm³/mol. The van der Waals surface area contributed by atoms with Crippen LogP contribution in [-0.2, 0) is 0 Å². The molecule has 2 fully saturated rings. The summed E-state index contributed by atoms with van der Waals surface area (Å²) in [6.07, 6.45) is 0. The molecule has 0 aromatic rings. The minimum absolute atomic E-state index is 0.719. The molecule has 0 atom stereocenters. The van der Waals surface area contributed by atoms with Crippen molar-refractivity contribution in [3.8, 4) is 0 Å². The van der Waals surface area contributed by atoms with Gasteiger partial charge in [0.1, 0.15) is 4.32 Å². The standard InChI is InChI=1S/C5H10N2S2.C4H10N2/c8-5(9)7-3-1-6-2-4-7;1-2-6-4-3-5-1/h6H,1-4H2,(H,8,9);5-6H,1-4H2. The monoisotopic (exact) mass is 248 g/mol. The molecule has 0 spiro atoms. The SMILES string of the molecule is C1CNCCN1.S=C(S)N1CCNCC1. The molecular formula is C9H20N4S2. The summed E-state index contributed by atoms with van der Waals surface area (Å²) in [5, 5.41) is 9.68. The maximum absolute atomic E-state index is 4.88. The molecule has 15 heavy (non-hydrogen) atoms. The minimum atomic E-state index is 0.719. The van der Waals surface area contributed by atoms with E-state index in [2.05, 4.69) is 33.5 Å². The van der Waals surface area contributed by atoms with Crippen molar-refractivity contribution in [2.24, 2.45) is 0 Å². The number of nitrogens with one attached hydrogen (secondary N) is 3. The number of rotatable bonds is 0. The predicted octanol–water partition coefficient (Wildman–Crippen LogP) is -0.714. The summed E-state index contributed by atoms with van der Waals surface area (Å²) in [7, 11) is 0. The average molecular weight is 248 g/mol. The first kappa shape index (κ1) is 13.2. The summed E-state index contributed by atoms with van der Waals surface area (Å²) >= 11 is 8.95. The molecule has 3 N–H and O–H groups in total. The van der Waals surface area contributed by atoms with E-state index in [1.165, 1.54) is 0 Å². The molecule has 0 unspecified atom stereocenters. The fraction of sp³-hybridized carbons (Fsp3) is 0.889. The Labute approximate surface area is 103 Å². The summed E-state index contributed by atoms with van der Waals surface area (Å²) in [6.45, 7) is 8.62. The quantitative estimate of drug-likeness (QED) is 0.337. The van der Waals surface area contributed by atoms with Gasteiger partial charge in [-0.1, -0.05) is 12.2 Å². The third-order valence-electron chi connectivity index (χ3n) is 2.34. The Morgan fingerprint density at radius 2 is 1.27 bits per heavy atom. The molecule has 2 rings (SSSR count). The zero-order valence-electron chi connectivity index (χ0n) is 8.96. The van der Waals surface area contributed by atoms with Crippen molar-refractivity contribution in [2.45, 2.75) is 0 Å². The van der Waals surface area contributed by atoms with Gasteiger partial charge < -0.3 is 20.9 Å². The molecular weight excluding hydrogens is 228 g/mol. The molecule has 0 aliphatic carbocycles. The van der Waals surface area contributed by atoms with Crippen LogP contribution in [0.2, 0.25) is 0 Å². The van der Waals surface area contributed by atoms with Gasteiger partial charge in [-0.25, -0.2) is 0 Å². The summed E-state index contributed by atoms with van der Waals surface area (Å²) in [5.74, 6) is 0. The van der Waals surface area contributed by atoms with Crippen LogP contribution in [0.1, 0.15) is 0 Å². The Bertz CT molecular complexity index is 167. The maximum atomic E-state index is 4.88. The molecule has 0 amide bonds. The van der Waals surface area contributed by atoms with E-state index in [9.17, 15) is 0 Å². The first-order chi connectivity index (χ1) is 7.30. The van der Waals surface area contributed by atoms with Crippen molar-refractivity contribution >= 4 is 29.2 Å². The van der Waals surface area contributed by atoms with Crippen LogP contribution in [0.25, 0.3) is 0 Å². The highest BCUT2D eigenvalue weighted by molar-refractivity contribution is 8.10. The zero-order valence-corrected chi connectivity index (χ0v) is 10.7. The number of nitrogens with zero attached hydrogens (tertiary/aromatic N) is 1. The minimum Gasteiger partial charge on any atom is -0.355 e. The van der Waals surface area contributed by atoms with Gasteiger partial charge >= 0.3 is 0 Å². The number of thiol groups is 1. The van der Waals surface area contributed by atoms with E-state index in [0.717, 1.165) is 56.7 Å². The van der Waals surface area contributed by atoms with Crippen molar-refractivity contribution in [1.82, 2.24) is 20.9 Å². The van der Waals surface area contributed by atoms with Crippen LogP contribution in [0.5, 0.6) is 0 Å². The van der Waals surface area contributed by atoms with Gasteiger partial charge in [-0.2, -0.15) is 0 Å². The summed E-state index contributed by atoms with van der Waals surface area (Å²) in [5.41, 5.74) is 0. The van der Waals surface area contributed by atoms with Crippen molar-refractivity contribution in [2.75, 3.05) is 52.4 Å². The van der Waals surface area contributed by atoms with Crippen LogP contribution >= 0.6 is 24.8 Å². The van der Waals surface area contributed by atoms with Crippen LogP contribution in [0.4, 0.5) is 0 Å². The highest BCUT2D eigenvalue weighted by Gasteiger charge is 2.08. The number of thiocarbonyl (C=S) groups is 1. The van der Waals surface area contributed by atoms with E-state index < -0.39 is 0 Å². The lowest BCUT2D eigenvalue weighted by Gasteiger charge is -2.27. The van der Waals surface area contributed by atoms with Crippen LogP contribution in [0.3, 0.4) is 0 Å². The van der Waals surface area contributed by atoms with Crippen molar-refractivity contribution in [3.05, 3.63) is 0 Å². The maximum Gasteiger partial charge on any atom is 0.133 e. The highest BCUT2D eigenvalue weighted by Crippen LogP contribution is 1.97. The van der Waals surface area contributed by atoms with Gasteiger partial charge in [0.25, 0.3) is 0 Å². The first-order valence-electron chi connectivity index (χ1n) is 5.41. The van der Waals surface area contributed by atoms with Crippen molar-refractivity contribution in [3.63, 3.8) is 0 Å². The lowest BCUT2D eigenvalue weighted by Crippen LogP contribution is -2.44. The third kappa shape index (κ3) is 6.32. The first-order valence-corrected chi connectivity index (χ1v) is 6.26. The third-order valence-corrected chi connectivity index (χ3v) is 2.89. The Kier molecular flexibility index (Phi) is 7.29. The lowest BCUT2D eigenvalue weighted by molar-refractivity contribution is 0.368. The second-order valence-electron chi connectivity index (χ2n) is 3.52. The molecule has 2 aliphatic rings. The van der Waals surface area contributed by atoms with Crippen molar-refractivity contribution < 1.29 is 0 Å². The molecule has 0 bridgehead atoms. The number of hydrogen-bond acceptors (Lipinski definition) is 4. The number of piperazine rings is 2. The summed E-state index contributed by atoms with van der Waals surface area (Å²) in [4.78, 5) is 2.09. The van der Waals surface area contributed by atoms with Crippen LogP contribution < -0.4 is 16.0 Å². The lowest BCUT2D eigenvalue weighted by atomic mass is 10.4. The van der Waals surface area contributed by atoms with E-state index in [1.807, 2.05) is 0 Å². The topological polar surface area (TPSA) is 39.3 Å². The molecule has 88 valence electrons. The molecule has 6 heteroatoms. The second kappa shape index (κ2) is 8.29. The Morgan fingerprint density at radius 1 is 0.867 bits per heavy atom. The summed E-state index contributed by atoms with van der Waals surface area (Å²) in [6, 6.07) is 0. The smallest absolute Gasteiger partial charge is 0.133 e. The Balaban J connectivity index is 0.000000162. The normalized spacial score (nSPS) is 21.5. The Morgan fingerprint density at radius 3 is 1.53 bits per heavy atom. The average Bonchev–Trinajstić information content (AvgIpc) is 2.33. The molecule has 0 saturated carbocycles. The van der Waals surface area contributed by atoms with Gasteiger partial charge in [0.2, 0.25) is 0 Å². The van der Waals surface area contributed by atoms with E-state index in [4.69, 9.17) is 12.2 Å². The van der Waals surface area contributed by atoms with Crippen LogP contribution in [0.15, 0.2) is 0 Å². The van der Waals surface area contributed by atoms with Crippen LogP contribution in [0, 0.1) is 0 Å². The second-order valence-corrected chi connectivity index (χ2v) is 4.63. The van der Waals surface area contributed by atoms with Gasteiger partial charge in [-0.05, 0) is 0 Å². The fourth-order valence-electron chi connectivity index (χ4n) is 1.46. The van der Waals surface area contributed by atoms with Gasteiger partial charge in [-0.15, -0.1) is 12.6 Å². The highest BCUT2D eigenvalue weighted by atomic mass is 32.1. The molecule has 0 radical (unpaired) electrons. The van der Waals surface area contributed by atoms with E-state index in [0.29, 0.717) is 0 Å². The fourth-order valence-corrected chi connectivity index (χ4v) is 1.84. The van der Waals surface area contributed by atoms with Gasteiger partial charge in [0, 0.05) is 52.4 Å². The molecule has 2 heterocycles. The van der Waals surface area contributed by atoms with Gasteiger partial charge in [0.15, 0.2) is 0 Å². The van der Waals surface area contributed by atoms with E-state index in [1.54, 1.807) is 0 Å². The van der Waals surface area contributed by atoms with Crippen molar-refractivity contribution in [1.29, 1.82) is 0 Å². The molecule has 4 nitrogen and oxygen atoms in total. The molecule has 0 aromatic carbocycles.